The van der Waals surface area contributed by atoms with Crippen molar-refractivity contribution in [3.63, 3.8) is 0 Å². The third-order valence-corrected chi connectivity index (χ3v) is 2.24. The summed E-state index contributed by atoms with van der Waals surface area (Å²) in [4.78, 5) is 7.25. The molecule has 16 heavy (non-hydrogen) atoms. The largest absolute Gasteiger partial charge is 0.352 e. The predicted molar refractivity (Wildman–Crippen MR) is 62.1 cm³/mol. The summed E-state index contributed by atoms with van der Waals surface area (Å²) >= 11 is 0. The van der Waals surface area contributed by atoms with Gasteiger partial charge in [0.2, 0.25) is 0 Å². The number of rotatable bonds is 8. The molecule has 2 N–H and O–H groups in total. The molecule has 5 nitrogen and oxygen atoms in total. The van der Waals surface area contributed by atoms with Gasteiger partial charge < -0.3 is 19.8 Å². The maximum Gasteiger partial charge on any atom is 0.169 e. The van der Waals surface area contributed by atoms with Gasteiger partial charge in [0, 0.05) is 32.0 Å². The van der Waals surface area contributed by atoms with Crippen molar-refractivity contribution in [1.29, 1.82) is 0 Å². The Kier molecular flexibility index (Phi) is 6.07. The second kappa shape index (κ2) is 7.38. The predicted octanol–water partition coefficient (Wildman–Crippen LogP) is 1.21. The Morgan fingerprint density at radius 1 is 1.38 bits per heavy atom. The topological polar surface area (TPSA) is 59.2 Å². The van der Waals surface area contributed by atoms with Crippen LogP contribution in [0.5, 0.6) is 0 Å². The van der Waals surface area contributed by atoms with Crippen LogP contribution in [-0.2, 0) is 16.0 Å². The molecule has 0 amide bonds. The van der Waals surface area contributed by atoms with Crippen molar-refractivity contribution < 1.29 is 9.47 Å². The van der Waals surface area contributed by atoms with Crippen LogP contribution in [0.15, 0.2) is 6.33 Å². The quantitative estimate of drug-likeness (QED) is 0.655. The molecule has 0 aliphatic carbocycles. The van der Waals surface area contributed by atoms with E-state index in [2.05, 4.69) is 15.3 Å². The molecule has 0 aliphatic rings. The molecule has 0 radical (unpaired) electrons. The van der Waals surface area contributed by atoms with Crippen molar-refractivity contribution in [2.75, 3.05) is 19.8 Å². The number of imidazole rings is 1. The minimum atomic E-state index is -0.172. The summed E-state index contributed by atoms with van der Waals surface area (Å²) in [6.45, 7) is 8.65. The lowest BCUT2D eigenvalue weighted by Gasteiger charge is -2.17. The SMILES string of the molecule is CCOC(CNCc1nc[nH]c1C)OCC. The average Bonchev–Trinajstić information content (AvgIpc) is 2.65. The van der Waals surface area contributed by atoms with Crippen LogP contribution in [0.3, 0.4) is 0 Å². The summed E-state index contributed by atoms with van der Waals surface area (Å²) in [5.41, 5.74) is 2.13. The van der Waals surface area contributed by atoms with Gasteiger partial charge in [0.1, 0.15) is 0 Å². The monoisotopic (exact) mass is 227 g/mol. The van der Waals surface area contributed by atoms with E-state index < -0.39 is 0 Å². The second-order valence-corrected chi connectivity index (χ2v) is 3.45. The van der Waals surface area contributed by atoms with Gasteiger partial charge in [0.25, 0.3) is 0 Å². The number of nitrogens with zero attached hydrogens (tertiary/aromatic N) is 1. The Balaban J connectivity index is 2.24. The first-order valence-corrected chi connectivity index (χ1v) is 5.70. The first-order chi connectivity index (χ1) is 7.77. The van der Waals surface area contributed by atoms with Crippen LogP contribution in [0.4, 0.5) is 0 Å². The lowest BCUT2D eigenvalue weighted by molar-refractivity contribution is -0.133. The highest BCUT2D eigenvalue weighted by Crippen LogP contribution is 2.00. The van der Waals surface area contributed by atoms with Crippen LogP contribution in [0, 0.1) is 6.92 Å². The van der Waals surface area contributed by atoms with E-state index in [-0.39, 0.29) is 6.29 Å². The molecule has 0 spiro atoms. The molecule has 0 saturated heterocycles. The van der Waals surface area contributed by atoms with Crippen LogP contribution in [0.25, 0.3) is 0 Å². The van der Waals surface area contributed by atoms with E-state index in [1.807, 2.05) is 20.8 Å². The third kappa shape index (κ3) is 4.30. The first kappa shape index (κ1) is 13.2. The number of nitrogens with one attached hydrogen (secondary N) is 2. The molecule has 0 aromatic carbocycles. The summed E-state index contributed by atoms with van der Waals surface area (Å²) < 4.78 is 10.8. The molecule has 0 fully saturated rings. The maximum atomic E-state index is 5.42. The summed E-state index contributed by atoms with van der Waals surface area (Å²) in [6.07, 6.45) is 1.53. The fourth-order valence-electron chi connectivity index (χ4n) is 1.41. The maximum absolute atomic E-state index is 5.42. The van der Waals surface area contributed by atoms with Crippen LogP contribution in [-0.4, -0.2) is 36.0 Å². The van der Waals surface area contributed by atoms with Gasteiger partial charge in [-0.25, -0.2) is 4.98 Å². The first-order valence-electron chi connectivity index (χ1n) is 5.70. The minimum absolute atomic E-state index is 0.172. The molecule has 1 heterocycles. The highest BCUT2D eigenvalue weighted by Gasteiger charge is 2.07. The summed E-state index contributed by atoms with van der Waals surface area (Å²) in [7, 11) is 0. The van der Waals surface area contributed by atoms with Gasteiger partial charge in [0.05, 0.1) is 12.0 Å². The fourth-order valence-corrected chi connectivity index (χ4v) is 1.41. The van der Waals surface area contributed by atoms with E-state index >= 15 is 0 Å². The molecule has 1 aromatic heterocycles. The van der Waals surface area contributed by atoms with Gasteiger partial charge in [-0.15, -0.1) is 0 Å². The van der Waals surface area contributed by atoms with Crippen LogP contribution >= 0.6 is 0 Å². The summed E-state index contributed by atoms with van der Waals surface area (Å²) in [5.74, 6) is 0. The van der Waals surface area contributed by atoms with E-state index in [0.717, 1.165) is 17.9 Å². The number of aryl methyl sites for hydroxylation is 1. The van der Waals surface area contributed by atoms with Gasteiger partial charge in [-0.2, -0.15) is 0 Å². The Morgan fingerprint density at radius 2 is 2.06 bits per heavy atom. The number of ether oxygens (including phenoxy) is 2. The standard InChI is InChI=1S/C11H21N3O2/c1-4-15-11(16-5-2)7-12-6-10-9(3)13-8-14-10/h8,11-12H,4-7H2,1-3H3,(H,13,14). The smallest absolute Gasteiger partial charge is 0.169 e. The van der Waals surface area contributed by atoms with Crippen molar-refractivity contribution in [3.8, 4) is 0 Å². The number of H-pyrrole nitrogens is 1. The zero-order valence-electron chi connectivity index (χ0n) is 10.2. The van der Waals surface area contributed by atoms with Crippen LogP contribution in [0.1, 0.15) is 25.2 Å². The molecule has 1 rings (SSSR count). The second-order valence-electron chi connectivity index (χ2n) is 3.45. The molecular formula is C11H21N3O2. The van der Waals surface area contributed by atoms with Crippen LogP contribution in [0.2, 0.25) is 0 Å². The Bertz CT molecular complexity index is 283. The number of aromatic amines is 1. The Hall–Kier alpha value is -0.910. The van der Waals surface area contributed by atoms with E-state index in [9.17, 15) is 0 Å². The average molecular weight is 227 g/mol. The van der Waals surface area contributed by atoms with E-state index in [1.165, 1.54) is 0 Å². The lowest BCUT2D eigenvalue weighted by Crippen LogP contribution is -2.31. The number of hydrogen-bond donors (Lipinski definition) is 2. The van der Waals surface area contributed by atoms with Gasteiger partial charge in [-0.3, -0.25) is 0 Å². The third-order valence-electron chi connectivity index (χ3n) is 2.24. The van der Waals surface area contributed by atoms with Crippen LogP contribution < -0.4 is 5.32 Å². The van der Waals surface area contributed by atoms with Crippen molar-refractivity contribution >= 4 is 0 Å². The molecule has 0 atom stereocenters. The molecule has 0 saturated carbocycles. The lowest BCUT2D eigenvalue weighted by atomic mass is 10.3. The molecule has 5 heteroatoms. The van der Waals surface area contributed by atoms with E-state index in [4.69, 9.17) is 9.47 Å². The normalized spacial score (nSPS) is 11.2. The highest BCUT2D eigenvalue weighted by atomic mass is 16.7. The Labute approximate surface area is 96.6 Å². The molecule has 1 aromatic rings. The van der Waals surface area contributed by atoms with Gasteiger partial charge in [0.15, 0.2) is 6.29 Å². The van der Waals surface area contributed by atoms with E-state index in [0.29, 0.717) is 19.8 Å². The molecular weight excluding hydrogens is 206 g/mol. The van der Waals surface area contributed by atoms with E-state index in [1.54, 1.807) is 6.33 Å². The minimum Gasteiger partial charge on any atom is -0.352 e. The molecule has 0 bridgehead atoms. The summed E-state index contributed by atoms with van der Waals surface area (Å²) in [6, 6.07) is 0. The Morgan fingerprint density at radius 3 is 2.56 bits per heavy atom. The number of aromatic nitrogens is 2. The zero-order valence-corrected chi connectivity index (χ0v) is 10.2. The van der Waals surface area contributed by atoms with Gasteiger partial charge >= 0.3 is 0 Å². The van der Waals surface area contributed by atoms with Crippen molar-refractivity contribution in [1.82, 2.24) is 15.3 Å². The van der Waals surface area contributed by atoms with Gasteiger partial charge in [-0.1, -0.05) is 0 Å². The number of hydrogen-bond acceptors (Lipinski definition) is 4. The molecule has 0 unspecified atom stereocenters. The molecule has 92 valence electrons. The zero-order chi connectivity index (χ0) is 11.8. The highest BCUT2D eigenvalue weighted by molar-refractivity contribution is 5.07. The summed E-state index contributed by atoms with van der Waals surface area (Å²) in [5, 5.41) is 3.27. The fraction of sp³-hybridized carbons (Fsp3) is 0.727. The van der Waals surface area contributed by atoms with Gasteiger partial charge in [-0.05, 0) is 20.8 Å². The van der Waals surface area contributed by atoms with Crippen molar-refractivity contribution in [2.24, 2.45) is 0 Å². The van der Waals surface area contributed by atoms with Crippen molar-refractivity contribution in [2.45, 2.75) is 33.6 Å². The molecule has 0 aliphatic heterocycles. The van der Waals surface area contributed by atoms with Crippen molar-refractivity contribution in [3.05, 3.63) is 17.7 Å².